The summed E-state index contributed by atoms with van der Waals surface area (Å²) in [6, 6.07) is 4.02. The molecule has 12 heteroatoms. The van der Waals surface area contributed by atoms with Crippen LogP contribution in [0.3, 0.4) is 0 Å². The Hall–Kier alpha value is -2.83. The smallest absolute Gasteiger partial charge is 0.341 e. The van der Waals surface area contributed by atoms with Crippen LogP contribution in [-0.4, -0.2) is 46.0 Å². The number of carbonyl (C=O) groups excluding carboxylic acids is 3. The fourth-order valence-corrected chi connectivity index (χ4v) is 4.41. The van der Waals surface area contributed by atoms with E-state index >= 15 is 0 Å². The highest BCUT2D eigenvalue weighted by Gasteiger charge is 2.22. The zero-order valence-corrected chi connectivity index (χ0v) is 18.6. The van der Waals surface area contributed by atoms with E-state index in [0.29, 0.717) is 5.56 Å². The van der Waals surface area contributed by atoms with Gasteiger partial charge in [0.15, 0.2) is 6.61 Å². The van der Waals surface area contributed by atoms with Crippen LogP contribution in [0.5, 0.6) is 0 Å². The third-order valence-corrected chi connectivity index (χ3v) is 6.55. The number of amides is 1. The van der Waals surface area contributed by atoms with Crippen LogP contribution in [0.2, 0.25) is 0 Å². The molecule has 0 bridgehead atoms. The maximum atomic E-state index is 12.9. The lowest BCUT2D eigenvalue weighted by Gasteiger charge is -2.09. The quantitative estimate of drug-likeness (QED) is 0.535. The van der Waals surface area contributed by atoms with Gasteiger partial charge in [0.1, 0.15) is 17.4 Å². The van der Waals surface area contributed by atoms with Crippen molar-refractivity contribution in [1.82, 2.24) is 4.72 Å². The molecule has 0 radical (unpaired) electrons. The zero-order valence-electron chi connectivity index (χ0n) is 17.0. The van der Waals surface area contributed by atoms with E-state index in [4.69, 9.17) is 9.47 Å². The molecule has 1 amide bonds. The van der Waals surface area contributed by atoms with Crippen LogP contribution in [0.25, 0.3) is 0 Å². The Morgan fingerprint density at radius 2 is 1.74 bits per heavy atom. The van der Waals surface area contributed by atoms with Gasteiger partial charge in [0.05, 0.1) is 17.1 Å². The lowest BCUT2D eigenvalue weighted by Crippen LogP contribution is -2.32. The van der Waals surface area contributed by atoms with Crippen LogP contribution in [0, 0.1) is 19.7 Å². The van der Waals surface area contributed by atoms with Crippen LogP contribution in [0.1, 0.15) is 27.7 Å². The number of halogens is 1. The molecule has 0 aliphatic carbocycles. The number of rotatable bonds is 9. The molecule has 0 saturated carbocycles. The summed E-state index contributed by atoms with van der Waals surface area (Å²) in [5, 5.41) is 2.77. The van der Waals surface area contributed by atoms with Crippen molar-refractivity contribution in [3.63, 3.8) is 0 Å². The van der Waals surface area contributed by atoms with Crippen molar-refractivity contribution in [3.8, 4) is 0 Å². The standard InChI is InChI=1S/C19H21FN2O7S2/c1-4-28-19(25)17-11(2)12(3)30-18(17)22-15(23)10-29-16(24)9-21-31(26,27)14-7-5-13(20)6-8-14/h5-8,21H,4,9-10H2,1-3H3,(H,22,23). The van der Waals surface area contributed by atoms with Gasteiger partial charge in [-0.25, -0.2) is 17.6 Å². The Labute approximate surface area is 182 Å². The summed E-state index contributed by atoms with van der Waals surface area (Å²) >= 11 is 1.18. The number of sulfonamides is 1. The predicted octanol–water partition coefficient (Wildman–Crippen LogP) is 2.14. The molecule has 0 saturated heterocycles. The predicted molar refractivity (Wildman–Crippen MR) is 111 cm³/mol. The normalized spacial score (nSPS) is 11.1. The summed E-state index contributed by atoms with van der Waals surface area (Å²) in [6.45, 7) is 3.93. The molecule has 0 atom stereocenters. The largest absolute Gasteiger partial charge is 0.462 e. The Balaban J connectivity index is 1.90. The second-order valence-electron chi connectivity index (χ2n) is 6.20. The molecule has 2 N–H and O–H groups in total. The monoisotopic (exact) mass is 472 g/mol. The van der Waals surface area contributed by atoms with E-state index in [1.165, 1.54) is 11.3 Å². The van der Waals surface area contributed by atoms with Gasteiger partial charge in [-0.15, -0.1) is 11.3 Å². The van der Waals surface area contributed by atoms with Gasteiger partial charge >= 0.3 is 11.9 Å². The highest BCUT2D eigenvalue weighted by Crippen LogP contribution is 2.33. The fourth-order valence-electron chi connectivity index (χ4n) is 2.37. The van der Waals surface area contributed by atoms with Gasteiger partial charge in [-0.05, 0) is 50.6 Å². The third-order valence-electron chi connectivity index (χ3n) is 4.01. The molecule has 0 aliphatic rings. The number of esters is 2. The van der Waals surface area contributed by atoms with Gasteiger partial charge in [-0.3, -0.25) is 9.59 Å². The van der Waals surface area contributed by atoms with Crippen molar-refractivity contribution >= 4 is 44.2 Å². The minimum Gasteiger partial charge on any atom is -0.462 e. The molecular weight excluding hydrogens is 451 g/mol. The molecule has 0 unspecified atom stereocenters. The molecule has 0 fully saturated rings. The van der Waals surface area contributed by atoms with Crippen LogP contribution in [-0.2, 0) is 29.1 Å². The number of aryl methyl sites for hydroxylation is 1. The maximum Gasteiger partial charge on any atom is 0.341 e. The first-order valence-electron chi connectivity index (χ1n) is 9.03. The summed E-state index contributed by atoms with van der Waals surface area (Å²) in [6.07, 6.45) is 0. The SMILES string of the molecule is CCOC(=O)c1c(NC(=O)COC(=O)CNS(=O)(=O)c2ccc(F)cc2)sc(C)c1C. The fraction of sp³-hybridized carbons (Fsp3) is 0.316. The Bertz CT molecular complexity index is 1080. The highest BCUT2D eigenvalue weighted by atomic mass is 32.2. The van der Waals surface area contributed by atoms with Crippen molar-refractivity contribution in [2.45, 2.75) is 25.7 Å². The summed E-state index contributed by atoms with van der Waals surface area (Å²) in [7, 11) is -4.05. The van der Waals surface area contributed by atoms with Gasteiger partial charge in [-0.2, -0.15) is 4.72 Å². The van der Waals surface area contributed by atoms with E-state index in [-0.39, 0.29) is 22.1 Å². The topological polar surface area (TPSA) is 128 Å². The van der Waals surface area contributed by atoms with E-state index < -0.39 is 46.8 Å². The van der Waals surface area contributed by atoms with E-state index in [2.05, 4.69) is 5.32 Å². The third kappa shape index (κ3) is 6.57. The van der Waals surface area contributed by atoms with Crippen molar-refractivity contribution in [2.75, 3.05) is 25.1 Å². The second-order valence-corrected chi connectivity index (χ2v) is 9.19. The Kier molecular flexibility index (Phi) is 8.25. The summed E-state index contributed by atoms with van der Waals surface area (Å²) < 4.78 is 48.8. The first kappa shape index (κ1) is 24.4. The number of nitrogens with one attached hydrogen (secondary N) is 2. The lowest BCUT2D eigenvalue weighted by molar-refractivity contribution is -0.146. The zero-order chi connectivity index (χ0) is 23.2. The Morgan fingerprint density at radius 3 is 2.35 bits per heavy atom. The minimum atomic E-state index is -4.05. The van der Waals surface area contributed by atoms with Gasteiger partial charge in [0, 0.05) is 4.88 Å². The molecule has 1 aromatic heterocycles. The van der Waals surface area contributed by atoms with E-state index in [1.54, 1.807) is 20.8 Å². The number of hydrogen-bond donors (Lipinski definition) is 2. The van der Waals surface area contributed by atoms with E-state index in [0.717, 1.165) is 29.1 Å². The summed E-state index contributed by atoms with van der Waals surface area (Å²) in [5.41, 5.74) is 0.905. The number of thiophene rings is 1. The molecule has 2 rings (SSSR count). The van der Waals surface area contributed by atoms with E-state index in [9.17, 15) is 27.2 Å². The molecule has 31 heavy (non-hydrogen) atoms. The van der Waals surface area contributed by atoms with Gasteiger partial charge < -0.3 is 14.8 Å². The van der Waals surface area contributed by atoms with Crippen LogP contribution in [0.15, 0.2) is 29.2 Å². The van der Waals surface area contributed by atoms with Gasteiger partial charge in [0.2, 0.25) is 10.0 Å². The van der Waals surface area contributed by atoms with Crippen molar-refractivity contribution in [3.05, 3.63) is 46.1 Å². The van der Waals surface area contributed by atoms with E-state index in [1.807, 2.05) is 4.72 Å². The van der Waals surface area contributed by atoms with Crippen LogP contribution < -0.4 is 10.0 Å². The van der Waals surface area contributed by atoms with Crippen molar-refractivity contribution in [2.24, 2.45) is 0 Å². The number of benzene rings is 1. The molecule has 1 aromatic carbocycles. The number of carbonyl (C=O) groups is 3. The number of hydrogen-bond acceptors (Lipinski definition) is 8. The molecule has 0 aliphatic heterocycles. The molecule has 1 heterocycles. The first-order valence-corrected chi connectivity index (χ1v) is 11.3. The molecular formula is C19H21FN2O7S2. The average Bonchev–Trinajstić information content (AvgIpc) is 2.98. The lowest BCUT2D eigenvalue weighted by atomic mass is 10.1. The van der Waals surface area contributed by atoms with Gasteiger partial charge in [0.25, 0.3) is 5.91 Å². The maximum absolute atomic E-state index is 12.9. The Morgan fingerprint density at radius 1 is 1.10 bits per heavy atom. The summed E-state index contributed by atoms with van der Waals surface area (Å²) in [5.74, 6) is -2.88. The highest BCUT2D eigenvalue weighted by molar-refractivity contribution is 7.89. The van der Waals surface area contributed by atoms with Crippen LogP contribution in [0.4, 0.5) is 9.39 Å². The minimum absolute atomic E-state index is 0.173. The molecule has 168 valence electrons. The number of ether oxygens (including phenoxy) is 2. The average molecular weight is 473 g/mol. The molecule has 9 nitrogen and oxygen atoms in total. The first-order chi connectivity index (χ1) is 14.5. The second kappa shape index (κ2) is 10.5. The molecule has 2 aromatic rings. The summed E-state index contributed by atoms with van der Waals surface area (Å²) in [4.78, 5) is 36.6. The van der Waals surface area contributed by atoms with Crippen LogP contribution >= 0.6 is 11.3 Å². The number of anilines is 1. The van der Waals surface area contributed by atoms with Crippen molar-refractivity contribution < 1.29 is 36.7 Å². The van der Waals surface area contributed by atoms with Gasteiger partial charge in [-0.1, -0.05) is 0 Å². The molecule has 0 spiro atoms. The van der Waals surface area contributed by atoms with Crippen molar-refractivity contribution in [1.29, 1.82) is 0 Å².